The SMILES string of the molecule is CC1(CC2CCCO2)CCC(N)C1. The Kier molecular flexibility index (Phi) is 2.61. The quantitative estimate of drug-likeness (QED) is 0.711. The van der Waals surface area contributed by atoms with Crippen LogP contribution in [0.2, 0.25) is 0 Å². The molecular formula is C11H21NO. The van der Waals surface area contributed by atoms with Gasteiger partial charge in [0, 0.05) is 12.6 Å². The third-order valence-corrected chi connectivity index (χ3v) is 3.62. The van der Waals surface area contributed by atoms with Crippen molar-refractivity contribution in [3.8, 4) is 0 Å². The van der Waals surface area contributed by atoms with Crippen molar-refractivity contribution in [1.82, 2.24) is 0 Å². The van der Waals surface area contributed by atoms with Gasteiger partial charge in [-0.2, -0.15) is 0 Å². The average molecular weight is 183 g/mol. The summed E-state index contributed by atoms with van der Waals surface area (Å²) in [6, 6.07) is 0.450. The molecule has 0 aromatic heterocycles. The van der Waals surface area contributed by atoms with Gasteiger partial charge >= 0.3 is 0 Å². The summed E-state index contributed by atoms with van der Waals surface area (Å²) in [6.45, 7) is 3.36. The third kappa shape index (κ3) is 2.23. The van der Waals surface area contributed by atoms with E-state index < -0.39 is 0 Å². The number of nitrogens with two attached hydrogens (primary N) is 1. The van der Waals surface area contributed by atoms with Crippen LogP contribution in [0.5, 0.6) is 0 Å². The lowest BCUT2D eigenvalue weighted by Gasteiger charge is -2.26. The maximum absolute atomic E-state index is 5.94. The van der Waals surface area contributed by atoms with E-state index in [9.17, 15) is 0 Å². The number of hydrogen-bond donors (Lipinski definition) is 1. The zero-order valence-corrected chi connectivity index (χ0v) is 8.59. The molecule has 1 heterocycles. The van der Waals surface area contributed by atoms with Crippen molar-refractivity contribution < 1.29 is 4.74 Å². The minimum atomic E-state index is 0.450. The lowest BCUT2D eigenvalue weighted by molar-refractivity contribution is 0.0677. The summed E-state index contributed by atoms with van der Waals surface area (Å²) < 4.78 is 5.67. The van der Waals surface area contributed by atoms with Crippen LogP contribution in [-0.4, -0.2) is 18.8 Å². The van der Waals surface area contributed by atoms with Gasteiger partial charge in [-0.05, 0) is 43.9 Å². The predicted molar refractivity (Wildman–Crippen MR) is 53.5 cm³/mol. The van der Waals surface area contributed by atoms with E-state index in [0.717, 1.165) is 6.61 Å². The first-order valence-corrected chi connectivity index (χ1v) is 5.55. The van der Waals surface area contributed by atoms with E-state index >= 15 is 0 Å². The minimum Gasteiger partial charge on any atom is -0.378 e. The largest absolute Gasteiger partial charge is 0.378 e. The number of hydrogen-bond acceptors (Lipinski definition) is 2. The van der Waals surface area contributed by atoms with Gasteiger partial charge in [-0.3, -0.25) is 0 Å². The molecule has 1 saturated carbocycles. The fourth-order valence-electron chi connectivity index (χ4n) is 2.91. The highest BCUT2D eigenvalue weighted by Gasteiger charge is 2.36. The predicted octanol–water partition coefficient (Wildman–Crippen LogP) is 2.07. The highest BCUT2D eigenvalue weighted by molar-refractivity contribution is 4.90. The second kappa shape index (κ2) is 3.58. The van der Waals surface area contributed by atoms with Crippen LogP contribution < -0.4 is 5.73 Å². The second-order valence-corrected chi connectivity index (χ2v) is 5.15. The first kappa shape index (κ1) is 9.47. The van der Waals surface area contributed by atoms with Crippen LogP contribution in [0.4, 0.5) is 0 Å². The van der Waals surface area contributed by atoms with Gasteiger partial charge in [-0.25, -0.2) is 0 Å². The number of rotatable bonds is 2. The van der Waals surface area contributed by atoms with E-state index in [1.54, 1.807) is 0 Å². The van der Waals surface area contributed by atoms with E-state index in [1.165, 1.54) is 38.5 Å². The molecule has 76 valence electrons. The Labute approximate surface area is 80.8 Å². The Hall–Kier alpha value is -0.0800. The van der Waals surface area contributed by atoms with Crippen molar-refractivity contribution in [3.05, 3.63) is 0 Å². The first-order chi connectivity index (χ1) is 6.18. The first-order valence-electron chi connectivity index (χ1n) is 5.55. The van der Waals surface area contributed by atoms with Crippen molar-refractivity contribution in [2.75, 3.05) is 6.61 Å². The molecule has 2 aliphatic rings. The Bertz CT molecular complexity index is 177. The topological polar surface area (TPSA) is 35.2 Å². The van der Waals surface area contributed by atoms with E-state index in [-0.39, 0.29) is 0 Å². The molecule has 0 radical (unpaired) electrons. The molecule has 0 aromatic carbocycles. The fourth-order valence-corrected chi connectivity index (χ4v) is 2.91. The van der Waals surface area contributed by atoms with Crippen LogP contribution in [0.3, 0.4) is 0 Å². The average Bonchev–Trinajstić information content (AvgIpc) is 2.62. The summed E-state index contributed by atoms with van der Waals surface area (Å²) in [5.74, 6) is 0. The van der Waals surface area contributed by atoms with Gasteiger partial charge in [-0.1, -0.05) is 6.92 Å². The molecule has 0 aromatic rings. The molecule has 13 heavy (non-hydrogen) atoms. The van der Waals surface area contributed by atoms with E-state index in [4.69, 9.17) is 10.5 Å². The third-order valence-electron chi connectivity index (χ3n) is 3.62. The minimum absolute atomic E-state index is 0.450. The van der Waals surface area contributed by atoms with Crippen molar-refractivity contribution in [2.45, 2.75) is 57.6 Å². The molecule has 2 N–H and O–H groups in total. The molecule has 0 spiro atoms. The Balaban J connectivity index is 1.85. The second-order valence-electron chi connectivity index (χ2n) is 5.15. The smallest absolute Gasteiger partial charge is 0.0581 e. The number of ether oxygens (including phenoxy) is 1. The summed E-state index contributed by atoms with van der Waals surface area (Å²) in [5, 5.41) is 0. The molecule has 0 bridgehead atoms. The highest BCUT2D eigenvalue weighted by Crippen LogP contribution is 2.42. The zero-order valence-electron chi connectivity index (χ0n) is 8.59. The summed E-state index contributed by atoms with van der Waals surface area (Å²) in [6.07, 6.45) is 8.01. The molecular weight excluding hydrogens is 162 g/mol. The van der Waals surface area contributed by atoms with Gasteiger partial charge < -0.3 is 10.5 Å². The van der Waals surface area contributed by atoms with Crippen LogP contribution in [-0.2, 0) is 4.74 Å². The molecule has 2 rings (SSSR count). The Morgan fingerprint density at radius 1 is 1.46 bits per heavy atom. The van der Waals surface area contributed by atoms with Crippen LogP contribution in [0.1, 0.15) is 45.4 Å². The van der Waals surface area contributed by atoms with Crippen molar-refractivity contribution in [2.24, 2.45) is 11.1 Å². The highest BCUT2D eigenvalue weighted by atomic mass is 16.5. The van der Waals surface area contributed by atoms with Crippen LogP contribution in [0, 0.1) is 5.41 Å². The molecule has 3 atom stereocenters. The summed E-state index contributed by atoms with van der Waals surface area (Å²) in [4.78, 5) is 0. The van der Waals surface area contributed by atoms with E-state index in [2.05, 4.69) is 6.92 Å². The van der Waals surface area contributed by atoms with Crippen LogP contribution in [0.25, 0.3) is 0 Å². The molecule has 1 aliphatic heterocycles. The van der Waals surface area contributed by atoms with Crippen LogP contribution in [0.15, 0.2) is 0 Å². The van der Waals surface area contributed by atoms with Crippen molar-refractivity contribution >= 4 is 0 Å². The molecule has 2 fully saturated rings. The molecule has 2 heteroatoms. The lowest BCUT2D eigenvalue weighted by Crippen LogP contribution is -2.23. The lowest BCUT2D eigenvalue weighted by atomic mass is 9.82. The summed E-state index contributed by atoms with van der Waals surface area (Å²) in [7, 11) is 0. The standard InChI is InChI=1S/C11H21NO/c1-11(5-4-9(12)7-11)8-10-3-2-6-13-10/h9-10H,2-8,12H2,1H3. The molecule has 1 saturated heterocycles. The Morgan fingerprint density at radius 3 is 2.85 bits per heavy atom. The van der Waals surface area contributed by atoms with Crippen LogP contribution >= 0.6 is 0 Å². The maximum Gasteiger partial charge on any atom is 0.0581 e. The van der Waals surface area contributed by atoms with Gasteiger partial charge in [-0.15, -0.1) is 0 Å². The maximum atomic E-state index is 5.94. The van der Waals surface area contributed by atoms with Gasteiger partial charge in [0.1, 0.15) is 0 Å². The fraction of sp³-hybridized carbons (Fsp3) is 1.00. The van der Waals surface area contributed by atoms with Gasteiger partial charge in [0.15, 0.2) is 0 Å². The Morgan fingerprint density at radius 2 is 2.31 bits per heavy atom. The normalized spacial score (nSPS) is 45.7. The molecule has 3 unspecified atom stereocenters. The zero-order chi connectivity index (χ0) is 9.31. The van der Waals surface area contributed by atoms with Crippen molar-refractivity contribution in [1.29, 1.82) is 0 Å². The molecule has 0 amide bonds. The molecule has 1 aliphatic carbocycles. The molecule has 2 nitrogen and oxygen atoms in total. The summed E-state index contributed by atoms with van der Waals surface area (Å²) in [5.41, 5.74) is 6.42. The monoisotopic (exact) mass is 183 g/mol. The van der Waals surface area contributed by atoms with E-state index in [1.807, 2.05) is 0 Å². The summed E-state index contributed by atoms with van der Waals surface area (Å²) >= 11 is 0. The van der Waals surface area contributed by atoms with Crippen molar-refractivity contribution in [3.63, 3.8) is 0 Å². The van der Waals surface area contributed by atoms with Gasteiger partial charge in [0.2, 0.25) is 0 Å². The van der Waals surface area contributed by atoms with Gasteiger partial charge in [0.05, 0.1) is 6.10 Å². The van der Waals surface area contributed by atoms with Gasteiger partial charge in [0.25, 0.3) is 0 Å². The van der Waals surface area contributed by atoms with E-state index in [0.29, 0.717) is 17.6 Å².